The number of carbonyl (C=O) groups is 1. The Morgan fingerprint density at radius 3 is 2.57 bits per heavy atom. The Labute approximate surface area is 121 Å². The molecule has 0 bridgehead atoms. The van der Waals surface area contributed by atoms with E-state index in [4.69, 9.17) is 5.73 Å². The number of nitrogens with zero attached hydrogens (tertiary/aromatic N) is 1. The van der Waals surface area contributed by atoms with E-state index in [-0.39, 0.29) is 17.4 Å². The van der Waals surface area contributed by atoms with Crippen LogP contribution in [0, 0.1) is 12.7 Å². The van der Waals surface area contributed by atoms with E-state index in [1.165, 1.54) is 12.1 Å². The number of aryl methyl sites for hydroxylation is 1. The summed E-state index contributed by atoms with van der Waals surface area (Å²) >= 11 is 0. The first-order chi connectivity index (χ1) is 10.1. The highest BCUT2D eigenvalue weighted by Gasteiger charge is 2.17. The van der Waals surface area contributed by atoms with Crippen molar-refractivity contribution in [2.45, 2.75) is 6.92 Å². The average molecular weight is 280 g/mol. The van der Waals surface area contributed by atoms with Crippen LogP contribution in [0.1, 0.15) is 21.5 Å². The van der Waals surface area contributed by atoms with Gasteiger partial charge in [-0.2, -0.15) is 0 Å². The van der Waals surface area contributed by atoms with Crippen LogP contribution in [0.5, 0.6) is 0 Å². The lowest BCUT2D eigenvalue weighted by Gasteiger charge is -2.09. The van der Waals surface area contributed by atoms with Gasteiger partial charge in [0.25, 0.3) is 0 Å². The molecule has 0 aliphatic rings. The molecule has 3 nitrogen and oxygen atoms in total. The molecule has 0 saturated carbocycles. The highest BCUT2D eigenvalue weighted by molar-refractivity contribution is 6.18. The molecule has 3 aromatic rings. The summed E-state index contributed by atoms with van der Waals surface area (Å²) in [5.74, 6) is -0.420. The number of nitrogens with two attached hydrogens (primary N) is 1. The van der Waals surface area contributed by atoms with E-state index in [1.807, 2.05) is 6.92 Å². The number of fused-ring (bicyclic) bond motifs is 1. The van der Waals surface area contributed by atoms with Gasteiger partial charge in [0.1, 0.15) is 11.6 Å². The van der Waals surface area contributed by atoms with E-state index in [0.717, 1.165) is 5.56 Å². The molecule has 1 aromatic heterocycles. The third-order valence-electron chi connectivity index (χ3n) is 3.42. The summed E-state index contributed by atoms with van der Waals surface area (Å²) in [6.07, 6.45) is 1.61. The van der Waals surface area contributed by atoms with Crippen LogP contribution in [0.2, 0.25) is 0 Å². The molecule has 0 unspecified atom stereocenters. The van der Waals surface area contributed by atoms with E-state index in [0.29, 0.717) is 21.9 Å². The van der Waals surface area contributed by atoms with Gasteiger partial charge in [0.2, 0.25) is 0 Å². The van der Waals surface area contributed by atoms with Crippen molar-refractivity contribution in [3.63, 3.8) is 0 Å². The van der Waals surface area contributed by atoms with Crippen molar-refractivity contribution in [2.24, 2.45) is 0 Å². The van der Waals surface area contributed by atoms with Crippen molar-refractivity contribution in [3.05, 3.63) is 71.2 Å². The van der Waals surface area contributed by atoms with Gasteiger partial charge in [-0.15, -0.1) is 0 Å². The highest BCUT2D eigenvalue weighted by atomic mass is 19.1. The molecule has 104 valence electrons. The molecule has 0 radical (unpaired) electrons. The lowest BCUT2D eigenvalue weighted by atomic mass is 9.96. The van der Waals surface area contributed by atoms with Crippen molar-refractivity contribution in [3.8, 4) is 0 Å². The minimum Gasteiger partial charge on any atom is -0.383 e. The molecule has 0 atom stereocenters. The molecular formula is C17H13FN2O. The maximum Gasteiger partial charge on any atom is 0.197 e. The second-order valence-corrected chi connectivity index (χ2v) is 4.92. The lowest BCUT2D eigenvalue weighted by Crippen LogP contribution is -2.08. The number of hydrogen-bond donors (Lipinski definition) is 1. The van der Waals surface area contributed by atoms with Gasteiger partial charge in [-0.1, -0.05) is 24.3 Å². The zero-order valence-corrected chi connectivity index (χ0v) is 11.4. The maximum absolute atomic E-state index is 13.8. The summed E-state index contributed by atoms with van der Waals surface area (Å²) < 4.78 is 13.8. The number of carbonyl (C=O) groups excluding carboxylic acids is 1. The van der Waals surface area contributed by atoms with Crippen molar-refractivity contribution in [1.82, 2.24) is 4.98 Å². The molecule has 4 heteroatoms. The molecule has 0 amide bonds. The second kappa shape index (κ2) is 4.98. The monoisotopic (exact) mass is 280 g/mol. The van der Waals surface area contributed by atoms with Gasteiger partial charge in [0.15, 0.2) is 5.78 Å². The summed E-state index contributed by atoms with van der Waals surface area (Å²) in [6, 6.07) is 11.4. The summed E-state index contributed by atoms with van der Waals surface area (Å²) in [5, 5.41) is 0.992. The van der Waals surface area contributed by atoms with Crippen LogP contribution >= 0.6 is 0 Å². The van der Waals surface area contributed by atoms with Crippen molar-refractivity contribution < 1.29 is 9.18 Å². The van der Waals surface area contributed by atoms with Gasteiger partial charge in [-0.05, 0) is 36.1 Å². The van der Waals surface area contributed by atoms with Crippen LogP contribution in [0.3, 0.4) is 0 Å². The Hall–Kier alpha value is -2.75. The van der Waals surface area contributed by atoms with Crippen LogP contribution in [0.25, 0.3) is 10.8 Å². The van der Waals surface area contributed by atoms with Gasteiger partial charge in [0, 0.05) is 17.1 Å². The Balaban J connectivity index is 2.23. The Morgan fingerprint density at radius 2 is 1.81 bits per heavy atom. The average Bonchev–Trinajstić information content (AvgIpc) is 2.50. The number of benzene rings is 2. The van der Waals surface area contributed by atoms with Crippen molar-refractivity contribution in [1.29, 1.82) is 0 Å². The first-order valence-corrected chi connectivity index (χ1v) is 6.52. The van der Waals surface area contributed by atoms with Crippen LogP contribution in [0.4, 0.5) is 10.2 Å². The third-order valence-corrected chi connectivity index (χ3v) is 3.42. The zero-order chi connectivity index (χ0) is 15.0. The second-order valence-electron chi connectivity index (χ2n) is 4.92. The number of anilines is 1. The zero-order valence-electron chi connectivity index (χ0n) is 11.4. The first-order valence-electron chi connectivity index (χ1n) is 6.52. The molecule has 0 aliphatic carbocycles. The molecule has 0 aliphatic heterocycles. The summed E-state index contributed by atoms with van der Waals surface area (Å²) in [7, 11) is 0. The van der Waals surface area contributed by atoms with E-state index in [2.05, 4.69) is 4.98 Å². The minimum atomic E-state index is -0.350. The molecule has 21 heavy (non-hydrogen) atoms. The molecule has 0 saturated heterocycles. The number of hydrogen-bond acceptors (Lipinski definition) is 3. The fourth-order valence-corrected chi connectivity index (χ4v) is 2.37. The smallest absolute Gasteiger partial charge is 0.197 e. The SMILES string of the molecule is Cc1cnc(N)c(C(=O)c2ccc(F)c3ccccc23)c1. The first kappa shape index (κ1) is 13.2. The molecule has 2 aromatic carbocycles. The van der Waals surface area contributed by atoms with Crippen molar-refractivity contribution in [2.75, 3.05) is 5.73 Å². The highest BCUT2D eigenvalue weighted by Crippen LogP contribution is 2.25. The van der Waals surface area contributed by atoms with Gasteiger partial charge in [-0.25, -0.2) is 9.37 Å². The fraction of sp³-hybridized carbons (Fsp3) is 0.0588. The number of rotatable bonds is 2. The number of ketones is 1. The third kappa shape index (κ3) is 2.25. The number of pyridine rings is 1. The Morgan fingerprint density at radius 1 is 1.10 bits per heavy atom. The van der Waals surface area contributed by atoms with E-state index in [1.54, 1.807) is 36.5 Å². The predicted molar refractivity (Wildman–Crippen MR) is 80.7 cm³/mol. The summed E-state index contributed by atoms with van der Waals surface area (Å²) in [4.78, 5) is 16.7. The van der Waals surface area contributed by atoms with Gasteiger partial charge in [0.05, 0.1) is 5.56 Å². The van der Waals surface area contributed by atoms with E-state index < -0.39 is 0 Å². The van der Waals surface area contributed by atoms with Crippen LogP contribution in [-0.4, -0.2) is 10.8 Å². The Kier molecular flexibility index (Phi) is 3.14. The lowest BCUT2D eigenvalue weighted by molar-refractivity contribution is 0.104. The molecule has 0 fully saturated rings. The Bertz CT molecular complexity index is 859. The number of aromatic nitrogens is 1. The number of halogens is 1. The van der Waals surface area contributed by atoms with Gasteiger partial charge in [-0.3, -0.25) is 4.79 Å². The topological polar surface area (TPSA) is 56.0 Å². The standard InChI is InChI=1S/C17H13FN2O/c1-10-8-14(17(19)20-9-10)16(21)13-6-7-15(18)12-5-3-2-4-11(12)13/h2-9H,1H3,(H2,19,20). The van der Waals surface area contributed by atoms with Crippen LogP contribution < -0.4 is 5.73 Å². The van der Waals surface area contributed by atoms with Gasteiger partial charge >= 0.3 is 0 Å². The molecule has 0 spiro atoms. The van der Waals surface area contributed by atoms with Crippen LogP contribution in [0.15, 0.2) is 48.7 Å². The summed E-state index contributed by atoms with van der Waals surface area (Å²) in [6.45, 7) is 1.84. The minimum absolute atomic E-state index is 0.180. The largest absolute Gasteiger partial charge is 0.383 e. The maximum atomic E-state index is 13.8. The quantitative estimate of drug-likeness (QED) is 0.731. The van der Waals surface area contributed by atoms with E-state index >= 15 is 0 Å². The van der Waals surface area contributed by atoms with Crippen molar-refractivity contribution >= 4 is 22.4 Å². The van der Waals surface area contributed by atoms with Crippen LogP contribution in [-0.2, 0) is 0 Å². The van der Waals surface area contributed by atoms with E-state index in [9.17, 15) is 9.18 Å². The predicted octanol–water partition coefficient (Wildman–Crippen LogP) is 3.50. The molecular weight excluding hydrogens is 267 g/mol. The van der Waals surface area contributed by atoms with Gasteiger partial charge < -0.3 is 5.73 Å². The molecule has 3 rings (SSSR count). The normalized spacial score (nSPS) is 10.8. The molecule has 1 heterocycles. The fourth-order valence-electron chi connectivity index (χ4n) is 2.37. The number of nitrogen functional groups attached to an aromatic ring is 1. The summed E-state index contributed by atoms with van der Waals surface area (Å²) in [5.41, 5.74) is 7.40. The molecule has 2 N–H and O–H groups in total.